The van der Waals surface area contributed by atoms with Crippen molar-refractivity contribution < 1.29 is 19.1 Å². The molecule has 14 heteroatoms. The van der Waals surface area contributed by atoms with Gasteiger partial charge >= 0.3 is 5.63 Å². The minimum Gasteiger partial charge on any atom is -0.505 e. The molecule has 0 aliphatic carbocycles. The summed E-state index contributed by atoms with van der Waals surface area (Å²) < 4.78 is 11.7. The van der Waals surface area contributed by atoms with Gasteiger partial charge in [-0.3, -0.25) is 10.1 Å². The molecule has 0 saturated carbocycles. The average molecular weight is 442 g/mol. The Morgan fingerprint density at radius 3 is 2.74 bits per heavy atom. The van der Waals surface area contributed by atoms with Gasteiger partial charge in [-0.2, -0.15) is 5.10 Å². The van der Waals surface area contributed by atoms with Crippen molar-refractivity contribution in [1.82, 2.24) is 29.9 Å². The van der Waals surface area contributed by atoms with Gasteiger partial charge in [0.2, 0.25) is 22.0 Å². The van der Waals surface area contributed by atoms with E-state index in [1.54, 1.807) is 16.9 Å². The smallest absolute Gasteiger partial charge is 0.381 e. The molecular weight excluding hydrogens is 428 g/mol. The Labute approximate surface area is 177 Å². The fraction of sp³-hybridized carbons (Fsp3) is 0.118. The number of rotatable bonds is 6. The van der Waals surface area contributed by atoms with E-state index in [-0.39, 0.29) is 34.0 Å². The average Bonchev–Trinajstić information content (AvgIpc) is 3.38. The zero-order chi connectivity index (χ0) is 22.0. The molecule has 0 saturated heterocycles. The van der Waals surface area contributed by atoms with Gasteiger partial charge in [0.25, 0.3) is 5.91 Å². The molecule has 4 rings (SSSR count). The molecule has 0 aromatic carbocycles. The van der Waals surface area contributed by atoms with Crippen LogP contribution in [0.5, 0.6) is 11.5 Å². The zero-order valence-corrected chi connectivity index (χ0v) is 16.9. The van der Waals surface area contributed by atoms with Crippen LogP contribution in [0.1, 0.15) is 16.2 Å². The Morgan fingerprint density at radius 2 is 2.06 bits per heavy atom. The number of anilines is 3. The normalized spacial score (nSPS) is 10.6. The quantitative estimate of drug-likeness (QED) is 0.395. The van der Waals surface area contributed by atoms with Crippen molar-refractivity contribution in [3.05, 3.63) is 52.6 Å². The van der Waals surface area contributed by atoms with E-state index in [4.69, 9.17) is 9.15 Å². The molecule has 4 heterocycles. The fourth-order valence-electron chi connectivity index (χ4n) is 2.47. The highest BCUT2D eigenvalue weighted by molar-refractivity contribution is 7.17. The van der Waals surface area contributed by atoms with Crippen LogP contribution in [0.3, 0.4) is 0 Å². The van der Waals surface area contributed by atoms with Crippen molar-refractivity contribution >= 4 is 34.0 Å². The molecule has 31 heavy (non-hydrogen) atoms. The number of aromatic nitrogens is 6. The van der Waals surface area contributed by atoms with E-state index in [1.807, 2.05) is 6.92 Å². The van der Waals surface area contributed by atoms with Crippen LogP contribution in [-0.4, -0.2) is 48.1 Å². The SMILES string of the molecule is COc1c(Nc2ncc(O)cn2)cc(C(=O)Nc2nnc(-n3nccc3C)s2)oc1=O. The van der Waals surface area contributed by atoms with E-state index in [0.717, 1.165) is 29.4 Å². The first-order valence-corrected chi connectivity index (χ1v) is 9.42. The zero-order valence-electron chi connectivity index (χ0n) is 16.1. The van der Waals surface area contributed by atoms with Crippen molar-refractivity contribution in [2.75, 3.05) is 17.7 Å². The first kappa shape index (κ1) is 20.0. The monoisotopic (exact) mass is 442 g/mol. The molecule has 0 atom stereocenters. The third kappa shape index (κ3) is 4.18. The van der Waals surface area contributed by atoms with Gasteiger partial charge in [0.1, 0.15) is 0 Å². The van der Waals surface area contributed by atoms with Gasteiger partial charge in [0, 0.05) is 18.0 Å². The lowest BCUT2D eigenvalue weighted by atomic mass is 10.3. The molecule has 3 N–H and O–H groups in total. The second-order valence-corrected chi connectivity index (χ2v) is 6.92. The van der Waals surface area contributed by atoms with Crippen LogP contribution in [-0.2, 0) is 0 Å². The van der Waals surface area contributed by atoms with E-state index >= 15 is 0 Å². The maximum atomic E-state index is 12.6. The van der Waals surface area contributed by atoms with Gasteiger partial charge in [-0.25, -0.2) is 19.4 Å². The van der Waals surface area contributed by atoms with Crippen LogP contribution in [0.25, 0.3) is 5.13 Å². The minimum absolute atomic E-state index is 0.0661. The summed E-state index contributed by atoms with van der Waals surface area (Å²) in [7, 11) is 1.27. The Kier molecular flexibility index (Phi) is 5.28. The topological polar surface area (TPSA) is 170 Å². The lowest BCUT2D eigenvalue weighted by Gasteiger charge is -2.10. The van der Waals surface area contributed by atoms with Crippen LogP contribution < -0.4 is 21.0 Å². The summed E-state index contributed by atoms with van der Waals surface area (Å²) in [5, 5.41) is 27.2. The van der Waals surface area contributed by atoms with E-state index in [9.17, 15) is 14.7 Å². The second kappa shape index (κ2) is 8.19. The number of aryl methyl sites for hydroxylation is 1. The van der Waals surface area contributed by atoms with Crippen LogP contribution in [0, 0.1) is 6.92 Å². The highest BCUT2D eigenvalue weighted by atomic mass is 32.1. The number of nitrogens with zero attached hydrogens (tertiary/aromatic N) is 6. The van der Waals surface area contributed by atoms with Crippen molar-refractivity contribution in [2.45, 2.75) is 6.92 Å². The van der Waals surface area contributed by atoms with Crippen LogP contribution >= 0.6 is 11.3 Å². The third-order valence-electron chi connectivity index (χ3n) is 3.87. The van der Waals surface area contributed by atoms with E-state index in [1.165, 1.54) is 13.2 Å². The lowest BCUT2D eigenvalue weighted by Crippen LogP contribution is -2.17. The molecule has 13 nitrogen and oxygen atoms in total. The van der Waals surface area contributed by atoms with Crippen molar-refractivity contribution in [3.8, 4) is 16.6 Å². The summed E-state index contributed by atoms with van der Waals surface area (Å²) in [5.41, 5.74) is 0.0589. The number of ether oxygens (including phenoxy) is 1. The third-order valence-corrected chi connectivity index (χ3v) is 4.68. The fourth-order valence-corrected chi connectivity index (χ4v) is 3.22. The first-order valence-electron chi connectivity index (χ1n) is 8.60. The number of amides is 1. The molecule has 1 amide bonds. The Hall–Kier alpha value is -4.33. The van der Waals surface area contributed by atoms with E-state index < -0.39 is 11.5 Å². The summed E-state index contributed by atoms with van der Waals surface area (Å²) in [4.78, 5) is 32.6. The Balaban J connectivity index is 1.59. The van der Waals surface area contributed by atoms with Gasteiger partial charge < -0.3 is 19.6 Å². The maximum Gasteiger partial charge on any atom is 0.381 e. The molecule has 0 fully saturated rings. The summed E-state index contributed by atoms with van der Waals surface area (Å²) in [6.07, 6.45) is 3.94. The summed E-state index contributed by atoms with van der Waals surface area (Å²) in [6.45, 7) is 1.85. The number of nitrogens with one attached hydrogen (secondary N) is 2. The highest BCUT2D eigenvalue weighted by Crippen LogP contribution is 2.25. The predicted octanol–water partition coefficient (Wildman–Crippen LogP) is 1.49. The highest BCUT2D eigenvalue weighted by Gasteiger charge is 2.20. The molecule has 0 aliphatic rings. The molecule has 0 unspecified atom stereocenters. The van der Waals surface area contributed by atoms with Gasteiger partial charge in [-0.15, -0.1) is 10.2 Å². The minimum atomic E-state index is -0.887. The van der Waals surface area contributed by atoms with Crippen LogP contribution in [0.15, 0.2) is 39.9 Å². The molecule has 158 valence electrons. The summed E-state index contributed by atoms with van der Waals surface area (Å²) in [5.74, 6) is -1.28. The first-order chi connectivity index (χ1) is 14.9. The molecule has 0 aliphatic heterocycles. The van der Waals surface area contributed by atoms with Crippen LogP contribution in [0.2, 0.25) is 0 Å². The van der Waals surface area contributed by atoms with Crippen molar-refractivity contribution in [1.29, 1.82) is 0 Å². The van der Waals surface area contributed by atoms with E-state index in [2.05, 4.69) is 35.9 Å². The second-order valence-electron chi connectivity index (χ2n) is 5.96. The lowest BCUT2D eigenvalue weighted by molar-refractivity contribution is 0.0991. The Morgan fingerprint density at radius 1 is 1.29 bits per heavy atom. The summed E-state index contributed by atoms with van der Waals surface area (Å²) in [6, 6.07) is 3.06. The Bertz CT molecular complexity index is 1300. The number of hydrogen-bond acceptors (Lipinski definition) is 12. The number of methoxy groups -OCH3 is 1. The standard InChI is InChI=1S/C17H14N8O5S/c1-8-3-4-20-25(8)17-24-23-16(31-17)22-13(27)11-5-10(12(29-2)14(28)30-11)21-15-18-6-9(26)7-19-15/h3-7,26H,1-2H3,(H,18,19,21)(H,22,23,27). The maximum absolute atomic E-state index is 12.6. The molecule has 0 bridgehead atoms. The van der Waals surface area contributed by atoms with Crippen molar-refractivity contribution in [3.63, 3.8) is 0 Å². The number of carbonyl (C=O) groups excluding carboxylic acids is 1. The largest absolute Gasteiger partial charge is 0.505 e. The molecular formula is C17H14N8O5S. The molecule has 0 radical (unpaired) electrons. The van der Waals surface area contributed by atoms with Gasteiger partial charge in [0.05, 0.1) is 25.2 Å². The molecule has 4 aromatic heterocycles. The predicted molar refractivity (Wildman–Crippen MR) is 108 cm³/mol. The van der Waals surface area contributed by atoms with Gasteiger partial charge in [-0.05, 0) is 13.0 Å². The van der Waals surface area contributed by atoms with Gasteiger partial charge in [-0.1, -0.05) is 11.3 Å². The number of aromatic hydroxyl groups is 1. The van der Waals surface area contributed by atoms with Crippen molar-refractivity contribution in [2.24, 2.45) is 0 Å². The van der Waals surface area contributed by atoms with E-state index in [0.29, 0.717) is 5.13 Å². The molecule has 0 spiro atoms. The summed E-state index contributed by atoms with van der Waals surface area (Å²) >= 11 is 1.09. The molecule has 4 aromatic rings. The van der Waals surface area contributed by atoms with Crippen LogP contribution in [0.4, 0.5) is 16.8 Å². The van der Waals surface area contributed by atoms with Gasteiger partial charge in [0.15, 0.2) is 11.5 Å². The number of carbonyl (C=O) groups is 1. The number of hydrogen-bond donors (Lipinski definition) is 3.